The Morgan fingerprint density at radius 2 is 2.14 bits per heavy atom. The molecule has 2 fully saturated rings. The van der Waals surface area contributed by atoms with Gasteiger partial charge in [0, 0.05) is 0 Å². The minimum Gasteiger partial charge on any atom is -0.494 e. The first-order valence-electron chi connectivity index (χ1n) is 7.29. The van der Waals surface area contributed by atoms with Gasteiger partial charge in [-0.2, -0.15) is 0 Å². The molecule has 0 aromatic heterocycles. The number of hydrogen-bond acceptors (Lipinski definition) is 5. The van der Waals surface area contributed by atoms with Crippen molar-refractivity contribution in [1.29, 1.82) is 0 Å². The van der Waals surface area contributed by atoms with Gasteiger partial charge in [0.2, 0.25) is 6.10 Å². The van der Waals surface area contributed by atoms with Gasteiger partial charge in [0.1, 0.15) is 11.9 Å². The highest BCUT2D eigenvalue weighted by molar-refractivity contribution is 5.85. The molecule has 2 aliphatic heterocycles. The first-order valence-corrected chi connectivity index (χ1v) is 7.29. The van der Waals surface area contributed by atoms with Crippen LogP contribution in [0, 0.1) is 5.92 Å². The van der Waals surface area contributed by atoms with Crippen molar-refractivity contribution in [2.75, 3.05) is 6.61 Å². The van der Waals surface area contributed by atoms with Crippen molar-refractivity contribution in [3.8, 4) is 5.75 Å². The molecule has 112 valence electrons. The van der Waals surface area contributed by atoms with Crippen molar-refractivity contribution in [3.63, 3.8) is 0 Å². The van der Waals surface area contributed by atoms with Gasteiger partial charge < -0.3 is 14.2 Å². The maximum Gasteiger partial charge on any atom is 0.348 e. The molecule has 21 heavy (non-hydrogen) atoms. The van der Waals surface area contributed by atoms with E-state index >= 15 is 0 Å². The van der Waals surface area contributed by atoms with E-state index in [1.165, 1.54) is 0 Å². The lowest BCUT2D eigenvalue weighted by Gasteiger charge is -2.14. The van der Waals surface area contributed by atoms with Crippen LogP contribution < -0.4 is 4.74 Å². The van der Waals surface area contributed by atoms with Crippen LogP contribution >= 0.6 is 0 Å². The van der Waals surface area contributed by atoms with E-state index in [1.54, 1.807) is 0 Å². The molecule has 2 aliphatic rings. The molecule has 0 spiro atoms. The lowest BCUT2D eigenvalue weighted by atomic mass is 9.93. The fourth-order valence-electron chi connectivity index (χ4n) is 2.97. The van der Waals surface area contributed by atoms with Gasteiger partial charge in [-0.1, -0.05) is 12.1 Å². The second-order valence-corrected chi connectivity index (χ2v) is 5.37. The lowest BCUT2D eigenvalue weighted by molar-refractivity contribution is -0.158. The number of carbonyl (C=O) groups is 2. The zero-order valence-corrected chi connectivity index (χ0v) is 11.9. The molecule has 2 heterocycles. The molecule has 1 aromatic rings. The van der Waals surface area contributed by atoms with Crippen molar-refractivity contribution in [3.05, 3.63) is 29.8 Å². The molecule has 5 heteroatoms. The summed E-state index contributed by atoms with van der Waals surface area (Å²) in [6, 6.07) is 7.88. The predicted molar refractivity (Wildman–Crippen MR) is 73.8 cm³/mol. The SMILES string of the molecule is CCOc1cccc(CC[C@@H]2OC(=O)[C@H]3OC(=O)C[C@@H]23)c1. The van der Waals surface area contributed by atoms with Gasteiger partial charge in [0.05, 0.1) is 18.9 Å². The molecule has 0 bridgehead atoms. The fraction of sp³-hybridized carbons (Fsp3) is 0.500. The van der Waals surface area contributed by atoms with Crippen molar-refractivity contribution in [2.45, 2.75) is 38.4 Å². The van der Waals surface area contributed by atoms with E-state index in [-0.39, 0.29) is 24.4 Å². The van der Waals surface area contributed by atoms with Crippen LogP contribution in [0.1, 0.15) is 25.3 Å². The lowest BCUT2D eigenvalue weighted by Crippen LogP contribution is -2.21. The summed E-state index contributed by atoms with van der Waals surface area (Å²) in [6.45, 7) is 2.58. The highest BCUT2D eigenvalue weighted by Gasteiger charge is 2.52. The van der Waals surface area contributed by atoms with Crippen LogP contribution in [0.3, 0.4) is 0 Å². The Kier molecular flexibility index (Phi) is 3.82. The Bertz CT molecular complexity index is 553. The quantitative estimate of drug-likeness (QED) is 0.775. The summed E-state index contributed by atoms with van der Waals surface area (Å²) in [5.41, 5.74) is 1.13. The number of cyclic esters (lactones) is 1. The van der Waals surface area contributed by atoms with E-state index < -0.39 is 12.1 Å². The van der Waals surface area contributed by atoms with Crippen LogP contribution in [0.4, 0.5) is 0 Å². The number of ether oxygens (including phenoxy) is 3. The molecule has 2 saturated heterocycles. The number of carbonyl (C=O) groups excluding carboxylic acids is 2. The molecular formula is C16H18O5. The standard InChI is InChI=1S/C16H18O5/c1-2-19-11-5-3-4-10(8-11)6-7-13-12-9-14(17)21-15(12)16(18)20-13/h3-5,8,12-13,15H,2,6-7,9H2,1H3/t12-,13-,15-/m0/s1. The zero-order chi connectivity index (χ0) is 14.8. The Hall–Kier alpha value is -2.04. The smallest absolute Gasteiger partial charge is 0.348 e. The van der Waals surface area contributed by atoms with Gasteiger partial charge in [-0.05, 0) is 37.5 Å². The van der Waals surface area contributed by atoms with Gasteiger partial charge in [0.15, 0.2) is 0 Å². The zero-order valence-electron chi connectivity index (χ0n) is 11.9. The van der Waals surface area contributed by atoms with E-state index in [1.807, 2.05) is 31.2 Å². The average Bonchev–Trinajstić information content (AvgIpc) is 2.97. The summed E-state index contributed by atoms with van der Waals surface area (Å²) in [5, 5.41) is 0. The first-order chi connectivity index (χ1) is 10.2. The normalized spacial score (nSPS) is 27.2. The van der Waals surface area contributed by atoms with Crippen molar-refractivity contribution in [1.82, 2.24) is 0 Å². The van der Waals surface area contributed by atoms with Gasteiger partial charge in [-0.25, -0.2) is 4.79 Å². The topological polar surface area (TPSA) is 61.8 Å². The van der Waals surface area contributed by atoms with Crippen LogP contribution in [0.5, 0.6) is 5.75 Å². The van der Waals surface area contributed by atoms with Crippen LogP contribution in [0.15, 0.2) is 24.3 Å². The number of esters is 2. The Morgan fingerprint density at radius 3 is 2.95 bits per heavy atom. The van der Waals surface area contributed by atoms with Crippen LogP contribution in [0.25, 0.3) is 0 Å². The van der Waals surface area contributed by atoms with E-state index in [0.717, 1.165) is 17.7 Å². The highest BCUT2D eigenvalue weighted by atomic mass is 16.6. The van der Waals surface area contributed by atoms with Gasteiger partial charge >= 0.3 is 11.9 Å². The van der Waals surface area contributed by atoms with Gasteiger partial charge in [0.25, 0.3) is 0 Å². The van der Waals surface area contributed by atoms with Gasteiger partial charge in [-0.3, -0.25) is 4.79 Å². The summed E-state index contributed by atoms with van der Waals surface area (Å²) < 4.78 is 15.8. The predicted octanol–water partition coefficient (Wildman–Crippen LogP) is 1.88. The molecule has 0 amide bonds. The van der Waals surface area contributed by atoms with Crippen LogP contribution in [-0.2, 0) is 25.5 Å². The van der Waals surface area contributed by atoms with Gasteiger partial charge in [-0.15, -0.1) is 0 Å². The summed E-state index contributed by atoms with van der Waals surface area (Å²) >= 11 is 0. The minimum atomic E-state index is -0.683. The maximum atomic E-state index is 11.6. The largest absolute Gasteiger partial charge is 0.494 e. The maximum absolute atomic E-state index is 11.6. The number of aryl methyl sites for hydroxylation is 1. The third-order valence-electron chi connectivity index (χ3n) is 3.95. The Balaban J connectivity index is 1.61. The summed E-state index contributed by atoms with van der Waals surface area (Å²) in [4.78, 5) is 22.9. The van der Waals surface area contributed by atoms with E-state index in [9.17, 15) is 9.59 Å². The van der Waals surface area contributed by atoms with E-state index in [4.69, 9.17) is 14.2 Å². The van der Waals surface area contributed by atoms with Crippen LogP contribution in [-0.4, -0.2) is 30.8 Å². The monoisotopic (exact) mass is 290 g/mol. The third kappa shape index (κ3) is 2.86. The molecule has 1 aromatic carbocycles. The third-order valence-corrected chi connectivity index (χ3v) is 3.95. The van der Waals surface area contributed by atoms with Crippen molar-refractivity contribution in [2.24, 2.45) is 5.92 Å². The number of benzene rings is 1. The second kappa shape index (κ2) is 5.76. The molecule has 0 aliphatic carbocycles. The molecule has 0 radical (unpaired) electrons. The average molecular weight is 290 g/mol. The fourth-order valence-corrected chi connectivity index (χ4v) is 2.97. The number of fused-ring (bicyclic) bond motifs is 1. The summed E-state index contributed by atoms with van der Waals surface area (Å²) in [6.07, 6.45) is 0.831. The minimum absolute atomic E-state index is 0.125. The number of hydrogen-bond donors (Lipinski definition) is 0. The molecule has 3 rings (SSSR count). The Morgan fingerprint density at radius 1 is 1.29 bits per heavy atom. The Labute approximate surface area is 123 Å². The molecule has 0 unspecified atom stereocenters. The van der Waals surface area contributed by atoms with Crippen LogP contribution in [0.2, 0.25) is 0 Å². The van der Waals surface area contributed by atoms with Crippen molar-refractivity contribution < 1.29 is 23.8 Å². The van der Waals surface area contributed by atoms with E-state index in [2.05, 4.69) is 0 Å². The molecular weight excluding hydrogens is 272 g/mol. The number of rotatable bonds is 5. The summed E-state index contributed by atoms with van der Waals surface area (Å²) in [7, 11) is 0. The highest BCUT2D eigenvalue weighted by Crippen LogP contribution is 2.36. The molecule has 5 nitrogen and oxygen atoms in total. The van der Waals surface area contributed by atoms with Crippen molar-refractivity contribution >= 4 is 11.9 Å². The first kappa shape index (κ1) is 13.9. The molecule has 0 saturated carbocycles. The molecule has 3 atom stereocenters. The summed E-state index contributed by atoms with van der Waals surface area (Å²) in [5.74, 6) is 0.0136. The molecule has 0 N–H and O–H groups in total. The second-order valence-electron chi connectivity index (χ2n) is 5.37. The van der Waals surface area contributed by atoms with E-state index in [0.29, 0.717) is 13.0 Å².